The van der Waals surface area contributed by atoms with Crippen molar-refractivity contribution in [3.05, 3.63) is 97.2 Å². The van der Waals surface area contributed by atoms with E-state index in [-0.39, 0.29) is 25.6 Å². The third kappa shape index (κ3) is 76.0. The van der Waals surface area contributed by atoms with E-state index in [2.05, 4.69) is 111 Å². The highest BCUT2D eigenvalue weighted by Gasteiger charge is 2.27. The molecule has 1 N–H and O–H groups in total. The summed E-state index contributed by atoms with van der Waals surface area (Å²) in [5.74, 6) is -0.782. The summed E-state index contributed by atoms with van der Waals surface area (Å²) in [4.78, 5) is 36.0. The average Bonchev–Trinajstić information content (AvgIpc) is 2.14. The quantitative estimate of drug-likeness (QED) is 0.0211. The molecule has 10 heteroatoms. The Morgan fingerprint density at radius 2 is 0.620 bits per heavy atom. The van der Waals surface area contributed by atoms with Crippen molar-refractivity contribution in [2.45, 2.75) is 367 Å². The topological polar surface area (TPSA) is 108 Å². The number of hydrogen-bond acceptors (Lipinski definition) is 7. The molecule has 0 aliphatic carbocycles. The number of nitrogens with zero attached hydrogens (tertiary/aromatic N) is 1. The smallest absolute Gasteiger partial charge is 0.462 e. The summed E-state index contributed by atoms with van der Waals surface area (Å²) in [5, 5.41) is 0. The molecule has 0 aromatic rings. The van der Waals surface area contributed by atoms with E-state index in [0.717, 1.165) is 77.0 Å². The van der Waals surface area contributed by atoms with Crippen LogP contribution in [0, 0.1) is 0 Å². The number of unbranched alkanes of at least 4 members (excludes halogenated alkanes) is 42. The molecule has 0 radical (unpaired) electrons. The highest BCUT2D eigenvalue weighted by Crippen LogP contribution is 2.43. The van der Waals surface area contributed by atoms with Gasteiger partial charge in [-0.25, -0.2) is 4.57 Å². The number of esters is 2. The zero-order valence-electron chi connectivity index (χ0n) is 61.0. The molecule has 0 rings (SSSR count). The first-order valence-corrected chi connectivity index (χ1v) is 40.5. The lowest BCUT2D eigenvalue weighted by atomic mass is 10.0. The van der Waals surface area contributed by atoms with Crippen molar-refractivity contribution in [2.75, 3.05) is 47.5 Å². The minimum atomic E-state index is -4.40. The Kier molecular flexibility index (Phi) is 69.8. The zero-order chi connectivity index (χ0) is 66.9. The first-order chi connectivity index (χ1) is 45.0. The van der Waals surface area contributed by atoms with Gasteiger partial charge >= 0.3 is 19.8 Å². The molecule has 0 fully saturated rings. The lowest BCUT2D eigenvalue weighted by molar-refractivity contribution is -0.870. The van der Waals surface area contributed by atoms with Crippen LogP contribution < -0.4 is 0 Å². The van der Waals surface area contributed by atoms with Gasteiger partial charge in [0.15, 0.2) is 6.10 Å². The van der Waals surface area contributed by atoms with E-state index < -0.39 is 26.5 Å². The SMILES string of the molecule is CC/C=C\C/C=C\C/C=C\C/C=C\C/C=C\C/C=C\CCCCCCCCCCCCCCCCCCC(=O)OC(COC(=O)CCCCCCCCCCCCCCCCCCCCCCC/C=C\C/C=C\CCCCCCC)COP(=O)(O)OCC[N+](C)(C)C. The number of phosphoric ester groups is 1. The third-order valence-corrected chi connectivity index (χ3v) is 18.1. The van der Waals surface area contributed by atoms with Crippen molar-refractivity contribution >= 4 is 19.8 Å². The molecule has 0 aliphatic heterocycles. The van der Waals surface area contributed by atoms with E-state index in [4.69, 9.17) is 18.5 Å². The summed E-state index contributed by atoms with van der Waals surface area (Å²) >= 11 is 0. The molecule has 2 atom stereocenters. The number of likely N-dealkylation sites (N-methyl/N-ethyl adjacent to an activating group) is 1. The number of phosphoric acid groups is 1. The van der Waals surface area contributed by atoms with Crippen molar-refractivity contribution < 1.29 is 42.1 Å². The lowest BCUT2D eigenvalue weighted by Crippen LogP contribution is -2.37. The van der Waals surface area contributed by atoms with Crippen LogP contribution in [0.5, 0.6) is 0 Å². The highest BCUT2D eigenvalue weighted by molar-refractivity contribution is 7.47. The molecule has 0 heterocycles. The molecule has 0 spiro atoms. The molecule has 92 heavy (non-hydrogen) atoms. The molecule has 0 saturated heterocycles. The molecule has 0 amide bonds. The van der Waals surface area contributed by atoms with Gasteiger partial charge in [0.05, 0.1) is 27.7 Å². The molecule has 9 nitrogen and oxygen atoms in total. The van der Waals surface area contributed by atoms with Gasteiger partial charge in [0.2, 0.25) is 0 Å². The Balaban J connectivity index is 3.97. The van der Waals surface area contributed by atoms with Gasteiger partial charge in [-0.15, -0.1) is 0 Å². The van der Waals surface area contributed by atoms with Gasteiger partial charge in [0.25, 0.3) is 0 Å². The van der Waals surface area contributed by atoms with Gasteiger partial charge in [-0.05, 0) is 96.3 Å². The number of carbonyl (C=O) groups is 2. The van der Waals surface area contributed by atoms with Gasteiger partial charge in [-0.2, -0.15) is 0 Å². The van der Waals surface area contributed by atoms with E-state index in [9.17, 15) is 19.0 Å². The molecular weight excluding hydrogens is 1160 g/mol. The third-order valence-electron chi connectivity index (χ3n) is 17.1. The Hall–Kier alpha value is -3.07. The number of carbonyl (C=O) groups excluding carboxylic acids is 2. The molecule has 534 valence electrons. The van der Waals surface area contributed by atoms with E-state index in [0.29, 0.717) is 23.9 Å². The lowest BCUT2D eigenvalue weighted by Gasteiger charge is -2.24. The minimum Gasteiger partial charge on any atom is -0.462 e. The Morgan fingerprint density at radius 1 is 0.348 bits per heavy atom. The molecule has 0 aliphatic rings. The van der Waals surface area contributed by atoms with Crippen LogP contribution in [0.15, 0.2) is 97.2 Å². The van der Waals surface area contributed by atoms with E-state index in [1.54, 1.807) is 0 Å². The van der Waals surface area contributed by atoms with Crippen LogP contribution in [0.1, 0.15) is 361 Å². The molecule has 0 aromatic heterocycles. The van der Waals surface area contributed by atoms with Crippen molar-refractivity contribution in [3.63, 3.8) is 0 Å². The van der Waals surface area contributed by atoms with Crippen LogP contribution in [0.25, 0.3) is 0 Å². The second-order valence-corrected chi connectivity index (χ2v) is 28.8. The summed E-state index contributed by atoms with van der Waals surface area (Å²) in [5.41, 5.74) is 0. The summed E-state index contributed by atoms with van der Waals surface area (Å²) in [6.45, 7) is 4.36. The van der Waals surface area contributed by atoms with E-state index in [1.807, 2.05) is 21.1 Å². The molecule has 0 saturated carbocycles. The molecule has 0 aromatic carbocycles. The van der Waals surface area contributed by atoms with Crippen LogP contribution in [-0.4, -0.2) is 74.9 Å². The Morgan fingerprint density at radius 3 is 0.924 bits per heavy atom. The Labute approximate surface area is 570 Å². The highest BCUT2D eigenvalue weighted by atomic mass is 31.2. The van der Waals surface area contributed by atoms with Crippen molar-refractivity contribution in [1.29, 1.82) is 0 Å². The molecule has 2 unspecified atom stereocenters. The maximum Gasteiger partial charge on any atom is 0.472 e. The molecule has 0 bridgehead atoms. The minimum absolute atomic E-state index is 0.0310. The maximum absolute atomic E-state index is 12.9. The Bertz CT molecular complexity index is 1880. The van der Waals surface area contributed by atoms with E-state index in [1.165, 1.54) is 250 Å². The van der Waals surface area contributed by atoms with Gasteiger partial charge in [0, 0.05) is 12.8 Å². The maximum atomic E-state index is 12.9. The van der Waals surface area contributed by atoms with Crippen molar-refractivity contribution in [3.8, 4) is 0 Å². The second-order valence-electron chi connectivity index (χ2n) is 27.4. The second kappa shape index (κ2) is 72.2. The zero-order valence-corrected chi connectivity index (χ0v) is 61.9. The summed E-state index contributed by atoms with van der Waals surface area (Å²) < 4.78 is 34.8. The monoisotopic (exact) mass is 1310 g/mol. The fraction of sp³-hybridized carbons (Fsp3) is 0.780. The average molecular weight is 1310 g/mol. The standard InChI is InChI=1S/C82H148NO8P/c1-6-8-10-12-14-16-18-20-22-24-26-28-30-32-34-36-38-40-41-43-45-47-49-51-53-55-57-59-61-63-65-67-69-71-73-75-82(85)91-80(79-90-92(86,87)89-77-76-83(3,4)5)78-88-81(84)74-72-70-68-66-64-62-60-58-56-54-52-50-48-46-44-42-39-37-35-33-31-29-27-25-23-21-19-17-15-13-11-9-7-2/h8,10,14,16,19-22,25-28,32,34,38,40,80H,6-7,9,11-13,15,17-18,23-24,29-31,33,35-37,39,41-79H2,1-5H3/p+1/b10-8-,16-14-,21-19-,22-20-,27-25-,28-26-,34-32-,40-38-. The summed E-state index contributed by atoms with van der Waals surface area (Å²) in [6, 6.07) is 0. The first-order valence-electron chi connectivity index (χ1n) is 39.0. The summed E-state index contributed by atoms with van der Waals surface area (Å²) in [7, 11) is 1.49. The first kappa shape index (κ1) is 88.9. The van der Waals surface area contributed by atoms with Gasteiger partial charge in [-0.1, -0.05) is 349 Å². The van der Waals surface area contributed by atoms with Crippen LogP contribution in [-0.2, 0) is 32.7 Å². The number of hydrogen-bond donors (Lipinski definition) is 1. The number of ether oxygens (including phenoxy) is 2. The summed E-state index contributed by atoms with van der Waals surface area (Å²) in [6.07, 6.45) is 101. The van der Waals surface area contributed by atoms with Crippen molar-refractivity contribution in [1.82, 2.24) is 0 Å². The normalized spacial score (nSPS) is 13.6. The van der Waals surface area contributed by atoms with Crippen molar-refractivity contribution in [2.24, 2.45) is 0 Å². The fourth-order valence-corrected chi connectivity index (χ4v) is 11.9. The number of allylic oxidation sites excluding steroid dienone is 16. The molecular formula is C82H149NO8P+. The van der Waals surface area contributed by atoms with E-state index >= 15 is 0 Å². The predicted octanol–water partition coefficient (Wildman–Crippen LogP) is 25.8. The fourth-order valence-electron chi connectivity index (χ4n) is 11.2. The largest absolute Gasteiger partial charge is 0.472 e. The number of rotatable bonds is 72. The van der Waals surface area contributed by atoms with Gasteiger partial charge in [-0.3, -0.25) is 18.6 Å². The van der Waals surface area contributed by atoms with Crippen LogP contribution in [0.4, 0.5) is 0 Å². The number of quaternary nitrogens is 1. The van der Waals surface area contributed by atoms with Crippen LogP contribution >= 0.6 is 7.82 Å². The van der Waals surface area contributed by atoms with Crippen LogP contribution in [0.3, 0.4) is 0 Å². The van der Waals surface area contributed by atoms with Gasteiger partial charge in [0.1, 0.15) is 19.8 Å². The predicted molar refractivity (Wildman–Crippen MR) is 399 cm³/mol. The van der Waals surface area contributed by atoms with Gasteiger partial charge < -0.3 is 18.9 Å². The van der Waals surface area contributed by atoms with Crippen LogP contribution in [0.2, 0.25) is 0 Å².